The van der Waals surface area contributed by atoms with E-state index in [0.717, 1.165) is 5.69 Å². The van der Waals surface area contributed by atoms with Crippen LogP contribution in [0.1, 0.15) is 12.6 Å². The molecular weight excluding hydrogens is 466 g/mol. The number of para-hydroxylation sites is 1. The molecule has 35 heavy (non-hydrogen) atoms. The molecule has 0 spiro atoms. The number of carbonyl (C=O) groups is 1. The summed E-state index contributed by atoms with van der Waals surface area (Å²) in [6.45, 7) is 3.18. The third kappa shape index (κ3) is 5.53. The summed E-state index contributed by atoms with van der Waals surface area (Å²) in [6.07, 6.45) is 0. The molecule has 4 N–H and O–H groups in total. The van der Waals surface area contributed by atoms with Gasteiger partial charge in [0.2, 0.25) is 5.91 Å². The van der Waals surface area contributed by atoms with Crippen LogP contribution in [0.25, 0.3) is 5.69 Å². The van der Waals surface area contributed by atoms with Gasteiger partial charge in [-0.15, -0.1) is 5.11 Å². The Morgan fingerprint density at radius 3 is 2.17 bits per heavy atom. The van der Waals surface area contributed by atoms with Gasteiger partial charge in [-0.25, -0.2) is 13.1 Å². The van der Waals surface area contributed by atoms with Gasteiger partial charge in [-0.1, -0.05) is 18.2 Å². The van der Waals surface area contributed by atoms with E-state index in [9.17, 15) is 13.2 Å². The summed E-state index contributed by atoms with van der Waals surface area (Å²) in [5, 5.41) is 15.5. The second-order valence-electron chi connectivity index (χ2n) is 7.62. The highest BCUT2D eigenvalue weighted by molar-refractivity contribution is 7.92. The number of nitrogens with zero attached hydrogens (tertiary/aromatic N) is 4. The van der Waals surface area contributed by atoms with Crippen molar-refractivity contribution in [2.24, 2.45) is 10.2 Å². The molecule has 178 valence electrons. The van der Waals surface area contributed by atoms with E-state index in [0.29, 0.717) is 34.3 Å². The quantitative estimate of drug-likeness (QED) is 0.315. The first kappa shape index (κ1) is 23.6. The third-order valence-corrected chi connectivity index (χ3v) is 6.33. The summed E-state index contributed by atoms with van der Waals surface area (Å²) >= 11 is 0. The van der Waals surface area contributed by atoms with E-state index in [4.69, 9.17) is 5.73 Å². The summed E-state index contributed by atoms with van der Waals surface area (Å²) in [7, 11) is -3.82. The number of anilines is 3. The Bertz CT molecular complexity index is 1480. The number of amides is 1. The van der Waals surface area contributed by atoms with Gasteiger partial charge < -0.3 is 11.1 Å². The average molecular weight is 490 g/mol. The maximum Gasteiger partial charge on any atom is 0.261 e. The van der Waals surface area contributed by atoms with Crippen molar-refractivity contribution in [1.82, 2.24) is 9.78 Å². The van der Waals surface area contributed by atoms with E-state index in [2.05, 4.69) is 25.4 Å². The fourth-order valence-electron chi connectivity index (χ4n) is 3.27. The number of rotatable bonds is 7. The van der Waals surface area contributed by atoms with Gasteiger partial charge in [-0.05, 0) is 67.6 Å². The van der Waals surface area contributed by atoms with Crippen molar-refractivity contribution in [1.29, 1.82) is 0 Å². The first-order valence-electron chi connectivity index (χ1n) is 10.6. The van der Waals surface area contributed by atoms with E-state index >= 15 is 0 Å². The van der Waals surface area contributed by atoms with E-state index < -0.39 is 10.0 Å². The molecule has 0 aliphatic heterocycles. The Morgan fingerprint density at radius 1 is 0.914 bits per heavy atom. The molecule has 1 amide bonds. The number of aryl methyl sites for hydroxylation is 1. The molecule has 11 heteroatoms. The van der Waals surface area contributed by atoms with Crippen LogP contribution < -0.4 is 15.8 Å². The zero-order chi connectivity index (χ0) is 25.0. The maximum absolute atomic E-state index is 12.7. The van der Waals surface area contributed by atoms with Crippen LogP contribution in [0, 0.1) is 6.92 Å². The van der Waals surface area contributed by atoms with Crippen molar-refractivity contribution in [3.63, 3.8) is 0 Å². The van der Waals surface area contributed by atoms with E-state index in [1.165, 1.54) is 19.1 Å². The van der Waals surface area contributed by atoms with Gasteiger partial charge in [0.1, 0.15) is 0 Å². The molecule has 0 aliphatic carbocycles. The molecule has 0 bridgehead atoms. The number of nitrogens with two attached hydrogens (primary N) is 1. The monoisotopic (exact) mass is 489 g/mol. The van der Waals surface area contributed by atoms with Crippen molar-refractivity contribution in [3.05, 3.63) is 84.6 Å². The number of nitrogen functional groups attached to an aromatic ring is 1. The predicted molar refractivity (Wildman–Crippen MR) is 135 cm³/mol. The summed E-state index contributed by atoms with van der Waals surface area (Å²) in [4.78, 5) is 11.2. The van der Waals surface area contributed by atoms with Gasteiger partial charge in [0.05, 0.1) is 22.0 Å². The van der Waals surface area contributed by atoms with Gasteiger partial charge in [-0.3, -0.25) is 9.52 Å². The molecule has 0 aliphatic rings. The van der Waals surface area contributed by atoms with Crippen LogP contribution in [0.3, 0.4) is 0 Å². The lowest BCUT2D eigenvalue weighted by molar-refractivity contribution is -0.114. The lowest BCUT2D eigenvalue weighted by Crippen LogP contribution is -2.13. The Labute approximate surface area is 202 Å². The van der Waals surface area contributed by atoms with Crippen LogP contribution in [0.15, 0.2) is 94.0 Å². The maximum atomic E-state index is 12.7. The molecule has 4 rings (SSSR count). The standard InChI is InChI=1S/C24H23N7O3S/c1-16-23(24(25)31(29-16)21-6-4-3-5-7-21)28-27-19-12-14-22(15-13-19)35(33,34)30-20-10-8-18(9-11-20)26-17(2)32/h3-15,30H,25H2,1-2H3,(H,26,32)/b28-27+. The first-order valence-corrected chi connectivity index (χ1v) is 12.0. The molecule has 0 saturated carbocycles. The molecule has 0 saturated heterocycles. The van der Waals surface area contributed by atoms with E-state index in [-0.39, 0.29) is 10.8 Å². The minimum Gasteiger partial charge on any atom is -0.382 e. The highest BCUT2D eigenvalue weighted by Crippen LogP contribution is 2.30. The number of azo groups is 1. The zero-order valence-corrected chi connectivity index (χ0v) is 19.8. The first-order chi connectivity index (χ1) is 16.7. The normalized spacial score (nSPS) is 11.5. The van der Waals surface area contributed by atoms with E-state index in [1.807, 2.05) is 30.3 Å². The fourth-order valence-corrected chi connectivity index (χ4v) is 4.32. The number of aromatic nitrogens is 2. The third-order valence-electron chi connectivity index (χ3n) is 4.93. The minimum absolute atomic E-state index is 0.0648. The van der Waals surface area contributed by atoms with Crippen molar-refractivity contribution in [2.45, 2.75) is 18.7 Å². The highest BCUT2D eigenvalue weighted by Gasteiger charge is 2.15. The SMILES string of the molecule is CC(=O)Nc1ccc(NS(=O)(=O)c2ccc(/N=N/c3c(C)nn(-c4ccccc4)c3N)cc2)cc1. The number of hydrogen-bond donors (Lipinski definition) is 3. The van der Waals surface area contributed by atoms with Crippen LogP contribution in [0.4, 0.5) is 28.6 Å². The zero-order valence-electron chi connectivity index (χ0n) is 19.0. The largest absolute Gasteiger partial charge is 0.382 e. The Balaban J connectivity index is 1.48. The smallest absolute Gasteiger partial charge is 0.261 e. The average Bonchev–Trinajstić information content (AvgIpc) is 3.12. The summed E-state index contributed by atoms with van der Waals surface area (Å²) in [6, 6.07) is 21.8. The highest BCUT2D eigenvalue weighted by atomic mass is 32.2. The molecular formula is C24H23N7O3S. The van der Waals surface area contributed by atoms with Gasteiger partial charge in [-0.2, -0.15) is 10.2 Å². The number of sulfonamides is 1. The summed E-state index contributed by atoms with van der Waals surface area (Å²) in [5.41, 5.74) is 9.48. The lowest BCUT2D eigenvalue weighted by Gasteiger charge is -2.09. The summed E-state index contributed by atoms with van der Waals surface area (Å²) in [5.74, 6) is 0.142. The Kier molecular flexibility index (Phi) is 6.60. The van der Waals surface area contributed by atoms with Gasteiger partial charge in [0, 0.05) is 18.3 Å². The molecule has 0 radical (unpaired) electrons. The van der Waals surface area contributed by atoms with Crippen molar-refractivity contribution < 1.29 is 13.2 Å². The van der Waals surface area contributed by atoms with Crippen LogP contribution in [0.2, 0.25) is 0 Å². The second-order valence-corrected chi connectivity index (χ2v) is 9.31. The molecule has 1 aromatic heterocycles. The fraction of sp³-hybridized carbons (Fsp3) is 0.0833. The van der Waals surface area contributed by atoms with Crippen LogP contribution in [0.5, 0.6) is 0 Å². The van der Waals surface area contributed by atoms with Crippen molar-refractivity contribution in [3.8, 4) is 5.69 Å². The predicted octanol–water partition coefficient (Wildman–Crippen LogP) is 4.94. The molecule has 0 fully saturated rings. The Hall–Kier alpha value is -4.51. The molecule has 4 aromatic rings. The minimum atomic E-state index is -3.82. The number of carbonyl (C=O) groups excluding carboxylic acids is 1. The van der Waals surface area contributed by atoms with Gasteiger partial charge in [0.15, 0.2) is 11.5 Å². The van der Waals surface area contributed by atoms with Crippen LogP contribution >= 0.6 is 0 Å². The van der Waals surface area contributed by atoms with Crippen LogP contribution in [-0.2, 0) is 14.8 Å². The molecule has 10 nitrogen and oxygen atoms in total. The van der Waals surface area contributed by atoms with Crippen molar-refractivity contribution in [2.75, 3.05) is 15.8 Å². The lowest BCUT2D eigenvalue weighted by atomic mass is 10.3. The topological polar surface area (TPSA) is 144 Å². The van der Waals surface area contributed by atoms with Gasteiger partial charge in [0.25, 0.3) is 10.0 Å². The molecule has 1 heterocycles. The summed E-state index contributed by atoms with van der Waals surface area (Å²) < 4.78 is 29.5. The molecule has 3 aromatic carbocycles. The van der Waals surface area contributed by atoms with Crippen molar-refractivity contribution >= 4 is 44.5 Å². The second kappa shape index (κ2) is 9.77. The number of benzene rings is 3. The van der Waals surface area contributed by atoms with Crippen LogP contribution in [-0.4, -0.2) is 24.1 Å². The number of hydrogen-bond acceptors (Lipinski definition) is 7. The molecule has 0 atom stereocenters. The molecule has 0 unspecified atom stereocenters. The van der Waals surface area contributed by atoms with E-state index in [1.54, 1.807) is 48.0 Å². The van der Waals surface area contributed by atoms with Gasteiger partial charge >= 0.3 is 0 Å². The number of nitrogens with one attached hydrogen (secondary N) is 2. The Morgan fingerprint density at radius 2 is 1.54 bits per heavy atom.